The molecule has 0 N–H and O–H groups in total. The second-order valence-electron chi connectivity index (χ2n) is 6.94. The highest BCUT2D eigenvalue weighted by molar-refractivity contribution is 7.99. The van der Waals surface area contributed by atoms with Gasteiger partial charge in [0, 0.05) is 11.3 Å². The normalized spacial score (nSPS) is 12.7. The zero-order valence-electron chi connectivity index (χ0n) is 16.8. The summed E-state index contributed by atoms with van der Waals surface area (Å²) in [6, 6.07) is 17.0. The van der Waals surface area contributed by atoms with Crippen molar-refractivity contribution in [3.8, 4) is 28.6 Å². The summed E-state index contributed by atoms with van der Waals surface area (Å²) in [5.41, 5.74) is 2.35. The summed E-state index contributed by atoms with van der Waals surface area (Å²) in [5.74, 6) is 2.90. The Kier molecular flexibility index (Phi) is 5.21. The number of nitrogens with zero attached hydrogens (tertiary/aromatic N) is 3. The van der Waals surface area contributed by atoms with Crippen LogP contribution >= 0.6 is 11.8 Å². The number of rotatable bonds is 6. The minimum atomic E-state index is -0.0226. The van der Waals surface area contributed by atoms with Crippen LogP contribution in [-0.4, -0.2) is 39.5 Å². The number of carbonyl (C=O) groups excluding carboxylic acids is 1. The number of aryl methyl sites for hydroxylation is 1. The Morgan fingerprint density at radius 2 is 1.84 bits per heavy atom. The molecule has 1 aliphatic heterocycles. The number of aromatic nitrogens is 3. The summed E-state index contributed by atoms with van der Waals surface area (Å²) >= 11 is 1.34. The molecule has 7 nitrogen and oxygen atoms in total. The Bertz CT molecular complexity index is 1230. The van der Waals surface area contributed by atoms with Crippen LogP contribution in [0.15, 0.2) is 70.4 Å². The molecule has 0 radical (unpaired) electrons. The number of Topliss-reactive ketones (excluding diaryl/α,β-unsaturated/α-hetero) is 1. The molecule has 4 aromatic rings. The molecule has 0 saturated heterocycles. The average molecular weight is 433 g/mol. The highest BCUT2D eigenvalue weighted by atomic mass is 32.2. The molecular weight excluding hydrogens is 414 g/mol. The molecule has 8 heteroatoms. The molecule has 0 amide bonds. The van der Waals surface area contributed by atoms with Crippen LogP contribution in [0, 0.1) is 6.92 Å². The molecule has 2 aromatic heterocycles. The quantitative estimate of drug-likeness (QED) is 0.325. The standard InChI is InChI=1S/C23H19N3O4S/c1-15-18(9-10-28-15)22-24-25-23(26(22)17-5-3-2-4-6-17)31-14-19(27)16-7-8-20-21(13-16)30-12-11-29-20/h2-10,13H,11-12,14H2,1H3. The largest absolute Gasteiger partial charge is 0.486 e. The van der Waals surface area contributed by atoms with E-state index in [1.807, 2.05) is 47.9 Å². The number of hydrogen-bond acceptors (Lipinski definition) is 7. The van der Waals surface area contributed by atoms with Crippen molar-refractivity contribution < 1.29 is 18.7 Å². The zero-order valence-corrected chi connectivity index (χ0v) is 17.6. The molecule has 0 bridgehead atoms. The third-order valence-corrected chi connectivity index (χ3v) is 5.87. The summed E-state index contributed by atoms with van der Waals surface area (Å²) in [7, 11) is 0. The van der Waals surface area contributed by atoms with E-state index in [0.29, 0.717) is 41.3 Å². The van der Waals surface area contributed by atoms with Gasteiger partial charge in [-0.1, -0.05) is 30.0 Å². The van der Waals surface area contributed by atoms with Crippen LogP contribution < -0.4 is 9.47 Å². The molecule has 3 heterocycles. The number of fused-ring (bicyclic) bond motifs is 1. The van der Waals surface area contributed by atoms with Crippen LogP contribution in [0.4, 0.5) is 0 Å². The minimum Gasteiger partial charge on any atom is -0.486 e. The molecule has 0 unspecified atom stereocenters. The van der Waals surface area contributed by atoms with Gasteiger partial charge in [0.25, 0.3) is 0 Å². The lowest BCUT2D eigenvalue weighted by molar-refractivity contribution is 0.102. The number of furan rings is 1. The van der Waals surface area contributed by atoms with Gasteiger partial charge >= 0.3 is 0 Å². The second kappa shape index (κ2) is 8.31. The van der Waals surface area contributed by atoms with Crippen LogP contribution in [0.5, 0.6) is 11.5 Å². The van der Waals surface area contributed by atoms with Gasteiger partial charge in [-0.3, -0.25) is 9.36 Å². The predicted molar refractivity (Wildman–Crippen MR) is 116 cm³/mol. The first-order valence-corrected chi connectivity index (χ1v) is 10.8. The van der Waals surface area contributed by atoms with Gasteiger partial charge < -0.3 is 13.9 Å². The lowest BCUT2D eigenvalue weighted by Gasteiger charge is -2.18. The van der Waals surface area contributed by atoms with Crippen molar-refractivity contribution in [2.75, 3.05) is 19.0 Å². The van der Waals surface area contributed by atoms with Gasteiger partial charge in [0.1, 0.15) is 19.0 Å². The van der Waals surface area contributed by atoms with E-state index in [-0.39, 0.29) is 11.5 Å². The summed E-state index contributed by atoms with van der Waals surface area (Å²) in [4.78, 5) is 12.9. The molecule has 0 fully saturated rings. The number of ketones is 1. The van der Waals surface area contributed by atoms with Crippen molar-refractivity contribution in [3.05, 3.63) is 72.2 Å². The van der Waals surface area contributed by atoms with E-state index in [1.165, 1.54) is 11.8 Å². The maximum absolute atomic E-state index is 12.9. The topological polar surface area (TPSA) is 79.4 Å². The maximum atomic E-state index is 12.9. The Balaban J connectivity index is 1.42. The van der Waals surface area contributed by atoms with E-state index >= 15 is 0 Å². The first-order chi connectivity index (χ1) is 15.2. The van der Waals surface area contributed by atoms with E-state index in [1.54, 1.807) is 24.5 Å². The zero-order chi connectivity index (χ0) is 21.2. The third kappa shape index (κ3) is 3.82. The fraction of sp³-hybridized carbons (Fsp3) is 0.174. The van der Waals surface area contributed by atoms with Crippen LogP contribution in [0.2, 0.25) is 0 Å². The molecule has 0 spiro atoms. The van der Waals surface area contributed by atoms with Crippen LogP contribution in [0.25, 0.3) is 17.1 Å². The lowest BCUT2D eigenvalue weighted by Crippen LogP contribution is -2.16. The van der Waals surface area contributed by atoms with E-state index in [2.05, 4.69) is 10.2 Å². The molecule has 0 saturated carbocycles. The smallest absolute Gasteiger partial charge is 0.196 e. The third-order valence-electron chi connectivity index (χ3n) is 4.94. The first kappa shape index (κ1) is 19.4. The van der Waals surface area contributed by atoms with Gasteiger partial charge in [-0.2, -0.15) is 0 Å². The van der Waals surface area contributed by atoms with Crippen LogP contribution in [0.1, 0.15) is 16.1 Å². The van der Waals surface area contributed by atoms with Crippen LogP contribution in [-0.2, 0) is 0 Å². The van der Waals surface area contributed by atoms with E-state index in [9.17, 15) is 4.79 Å². The minimum absolute atomic E-state index is 0.0226. The Hall–Kier alpha value is -3.52. The number of hydrogen-bond donors (Lipinski definition) is 0. The highest BCUT2D eigenvalue weighted by Gasteiger charge is 2.21. The molecule has 0 atom stereocenters. The van der Waals surface area contributed by atoms with E-state index < -0.39 is 0 Å². The van der Waals surface area contributed by atoms with Gasteiger partial charge in [-0.25, -0.2) is 0 Å². The number of carbonyl (C=O) groups is 1. The van der Waals surface area contributed by atoms with Crippen molar-refractivity contribution in [2.24, 2.45) is 0 Å². The second-order valence-corrected chi connectivity index (χ2v) is 7.88. The number of para-hydroxylation sites is 1. The van der Waals surface area contributed by atoms with Gasteiger partial charge in [-0.05, 0) is 43.3 Å². The molecule has 156 valence electrons. The summed E-state index contributed by atoms with van der Waals surface area (Å²) < 4.78 is 18.5. The van der Waals surface area contributed by atoms with Gasteiger partial charge in [0.15, 0.2) is 28.3 Å². The monoisotopic (exact) mass is 433 g/mol. The van der Waals surface area contributed by atoms with Crippen LogP contribution in [0.3, 0.4) is 0 Å². The molecule has 2 aromatic carbocycles. The van der Waals surface area contributed by atoms with Crippen molar-refractivity contribution in [1.29, 1.82) is 0 Å². The van der Waals surface area contributed by atoms with Crippen molar-refractivity contribution in [3.63, 3.8) is 0 Å². The van der Waals surface area contributed by atoms with Crippen molar-refractivity contribution in [2.45, 2.75) is 12.1 Å². The lowest BCUT2D eigenvalue weighted by atomic mass is 10.1. The van der Waals surface area contributed by atoms with Gasteiger partial charge in [0.05, 0.1) is 17.6 Å². The van der Waals surface area contributed by atoms with Crippen molar-refractivity contribution >= 4 is 17.5 Å². The Morgan fingerprint density at radius 3 is 2.61 bits per heavy atom. The van der Waals surface area contributed by atoms with Crippen molar-refractivity contribution in [1.82, 2.24) is 14.8 Å². The summed E-state index contributed by atoms with van der Waals surface area (Å²) in [6.07, 6.45) is 1.63. The summed E-state index contributed by atoms with van der Waals surface area (Å²) in [5, 5.41) is 9.38. The SMILES string of the molecule is Cc1occc1-c1nnc(SCC(=O)c2ccc3c(c2)OCCO3)n1-c1ccccc1. The number of benzene rings is 2. The number of thioether (sulfide) groups is 1. The molecule has 1 aliphatic rings. The average Bonchev–Trinajstić information content (AvgIpc) is 3.43. The highest BCUT2D eigenvalue weighted by Crippen LogP contribution is 2.33. The van der Waals surface area contributed by atoms with Gasteiger partial charge in [-0.15, -0.1) is 10.2 Å². The molecule has 5 rings (SSSR count). The first-order valence-electron chi connectivity index (χ1n) is 9.81. The summed E-state index contributed by atoms with van der Waals surface area (Å²) in [6.45, 7) is 2.89. The van der Waals surface area contributed by atoms with Gasteiger partial charge in [0.2, 0.25) is 0 Å². The fourth-order valence-corrected chi connectivity index (χ4v) is 4.24. The fourth-order valence-electron chi connectivity index (χ4n) is 3.39. The Morgan fingerprint density at radius 1 is 1.03 bits per heavy atom. The molecule has 31 heavy (non-hydrogen) atoms. The number of ether oxygens (including phenoxy) is 2. The molecule has 0 aliphatic carbocycles. The van der Waals surface area contributed by atoms with E-state index in [4.69, 9.17) is 13.9 Å². The Labute approximate surface area is 183 Å². The predicted octanol–water partition coefficient (Wildman–Crippen LogP) is 4.58. The maximum Gasteiger partial charge on any atom is 0.196 e. The molecular formula is C23H19N3O4S. The van der Waals surface area contributed by atoms with E-state index in [0.717, 1.165) is 17.0 Å².